The predicted molar refractivity (Wildman–Crippen MR) is 70.4 cm³/mol. The lowest BCUT2D eigenvalue weighted by atomic mass is 10.2. The summed E-state index contributed by atoms with van der Waals surface area (Å²) in [5.74, 6) is -0.464. The molecule has 2 N–H and O–H groups in total. The molecule has 5 heteroatoms. The summed E-state index contributed by atoms with van der Waals surface area (Å²) in [5.41, 5.74) is 1.16. The van der Waals surface area contributed by atoms with Crippen molar-refractivity contribution < 1.29 is 14.3 Å². The second kappa shape index (κ2) is 5.84. The van der Waals surface area contributed by atoms with Gasteiger partial charge in [0.1, 0.15) is 5.76 Å². The van der Waals surface area contributed by atoms with Gasteiger partial charge in [0.2, 0.25) is 5.76 Å². The summed E-state index contributed by atoms with van der Waals surface area (Å²) in [5, 5.41) is 11.9. The molecule has 0 aliphatic rings. The third-order valence-corrected chi connectivity index (χ3v) is 2.94. The van der Waals surface area contributed by atoms with Crippen molar-refractivity contribution in [2.24, 2.45) is 0 Å². The van der Waals surface area contributed by atoms with Crippen LogP contribution in [0.25, 0.3) is 0 Å². The largest absolute Gasteiger partial charge is 0.475 e. The fourth-order valence-electron chi connectivity index (χ4n) is 1.52. The average molecular weight is 310 g/mol. The molecule has 1 aromatic heterocycles. The number of aromatic carboxylic acids is 1. The van der Waals surface area contributed by atoms with Crippen molar-refractivity contribution in [2.75, 3.05) is 0 Å². The van der Waals surface area contributed by atoms with Crippen LogP contribution in [-0.4, -0.2) is 11.1 Å². The first-order chi connectivity index (χ1) is 8.65. The van der Waals surface area contributed by atoms with E-state index in [-0.39, 0.29) is 5.76 Å². The zero-order valence-electron chi connectivity index (χ0n) is 9.52. The SMILES string of the molecule is O=C(O)c1ccc(CNCc2ccc(Br)cc2)o1. The van der Waals surface area contributed by atoms with E-state index in [9.17, 15) is 4.79 Å². The van der Waals surface area contributed by atoms with E-state index in [1.165, 1.54) is 6.07 Å². The molecule has 2 rings (SSSR count). The Morgan fingerprint density at radius 1 is 1.17 bits per heavy atom. The molecule has 0 aliphatic carbocycles. The lowest BCUT2D eigenvalue weighted by Crippen LogP contribution is -2.12. The normalized spacial score (nSPS) is 10.5. The highest BCUT2D eigenvalue weighted by Gasteiger charge is 2.08. The van der Waals surface area contributed by atoms with Gasteiger partial charge in [0, 0.05) is 11.0 Å². The van der Waals surface area contributed by atoms with Crippen LogP contribution in [0.5, 0.6) is 0 Å². The fourth-order valence-corrected chi connectivity index (χ4v) is 1.78. The summed E-state index contributed by atoms with van der Waals surface area (Å²) in [6.07, 6.45) is 0. The van der Waals surface area contributed by atoms with Gasteiger partial charge in [0.05, 0.1) is 6.54 Å². The van der Waals surface area contributed by atoms with Gasteiger partial charge in [0.15, 0.2) is 0 Å². The highest BCUT2D eigenvalue weighted by molar-refractivity contribution is 9.10. The molecular formula is C13H12BrNO3. The third kappa shape index (κ3) is 3.45. The van der Waals surface area contributed by atoms with Crippen molar-refractivity contribution in [3.05, 3.63) is 58.0 Å². The van der Waals surface area contributed by atoms with Crippen LogP contribution in [0.15, 0.2) is 45.3 Å². The maximum atomic E-state index is 10.6. The molecule has 0 fully saturated rings. The van der Waals surface area contributed by atoms with E-state index in [1.807, 2.05) is 24.3 Å². The van der Waals surface area contributed by atoms with Gasteiger partial charge in [-0.1, -0.05) is 28.1 Å². The molecular weight excluding hydrogens is 298 g/mol. The molecule has 18 heavy (non-hydrogen) atoms. The van der Waals surface area contributed by atoms with Gasteiger partial charge in [-0.25, -0.2) is 4.79 Å². The number of furan rings is 1. The van der Waals surface area contributed by atoms with Crippen LogP contribution in [-0.2, 0) is 13.1 Å². The molecule has 1 aromatic carbocycles. The number of hydrogen-bond donors (Lipinski definition) is 2. The minimum Gasteiger partial charge on any atom is -0.475 e. The fraction of sp³-hybridized carbons (Fsp3) is 0.154. The van der Waals surface area contributed by atoms with Crippen molar-refractivity contribution in [2.45, 2.75) is 13.1 Å². The third-order valence-electron chi connectivity index (χ3n) is 2.41. The second-order valence-corrected chi connectivity index (χ2v) is 4.72. The van der Waals surface area contributed by atoms with Crippen LogP contribution >= 0.6 is 15.9 Å². The Kier molecular flexibility index (Phi) is 4.17. The van der Waals surface area contributed by atoms with Gasteiger partial charge in [0.25, 0.3) is 0 Å². The first kappa shape index (κ1) is 12.9. The molecule has 94 valence electrons. The molecule has 0 spiro atoms. The quantitative estimate of drug-likeness (QED) is 0.891. The Hall–Kier alpha value is -1.59. The molecule has 0 radical (unpaired) electrons. The summed E-state index contributed by atoms with van der Waals surface area (Å²) >= 11 is 3.38. The smallest absolute Gasteiger partial charge is 0.371 e. The van der Waals surface area contributed by atoms with Crippen molar-refractivity contribution in [1.82, 2.24) is 5.32 Å². The lowest BCUT2D eigenvalue weighted by Gasteiger charge is -2.03. The molecule has 0 amide bonds. The number of hydrogen-bond acceptors (Lipinski definition) is 3. The number of benzene rings is 1. The molecule has 0 atom stereocenters. The standard InChI is InChI=1S/C13H12BrNO3/c14-10-3-1-9(2-4-10)7-15-8-11-5-6-12(18-11)13(16)17/h1-6,15H,7-8H2,(H,16,17). The van der Waals surface area contributed by atoms with E-state index >= 15 is 0 Å². The average Bonchev–Trinajstić information content (AvgIpc) is 2.81. The zero-order valence-corrected chi connectivity index (χ0v) is 11.1. The van der Waals surface area contributed by atoms with Crippen LogP contribution in [0.4, 0.5) is 0 Å². The van der Waals surface area contributed by atoms with Crippen LogP contribution in [0.1, 0.15) is 21.9 Å². The van der Waals surface area contributed by atoms with Gasteiger partial charge >= 0.3 is 5.97 Å². The van der Waals surface area contributed by atoms with Crippen LogP contribution in [0, 0.1) is 0 Å². The van der Waals surface area contributed by atoms with Gasteiger partial charge in [-0.3, -0.25) is 0 Å². The summed E-state index contributed by atoms with van der Waals surface area (Å²) in [4.78, 5) is 10.6. The molecule has 2 aromatic rings. The molecule has 1 heterocycles. The number of carboxylic acids is 1. The summed E-state index contributed by atoms with van der Waals surface area (Å²) in [7, 11) is 0. The minimum absolute atomic E-state index is 0.0320. The summed E-state index contributed by atoms with van der Waals surface area (Å²) in [6, 6.07) is 11.1. The molecule has 0 saturated heterocycles. The molecule has 0 unspecified atom stereocenters. The molecule has 0 aliphatic heterocycles. The Morgan fingerprint density at radius 3 is 2.50 bits per heavy atom. The number of halogens is 1. The van der Waals surface area contributed by atoms with Crippen LogP contribution in [0.2, 0.25) is 0 Å². The van der Waals surface area contributed by atoms with E-state index < -0.39 is 5.97 Å². The predicted octanol–water partition coefficient (Wildman–Crippen LogP) is 3.03. The van der Waals surface area contributed by atoms with Gasteiger partial charge < -0.3 is 14.8 Å². The van der Waals surface area contributed by atoms with E-state index in [0.717, 1.165) is 10.0 Å². The number of carbonyl (C=O) groups is 1. The Labute approximate surface area is 113 Å². The van der Waals surface area contributed by atoms with Gasteiger partial charge in [-0.2, -0.15) is 0 Å². The van der Waals surface area contributed by atoms with Gasteiger partial charge in [-0.05, 0) is 29.8 Å². The van der Waals surface area contributed by atoms with Gasteiger partial charge in [-0.15, -0.1) is 0 Å². The summed E-state index contributed by atoms with van der Waals surface area (Å²) < 4.78 is 6.18. The van der Waals surface area contributed by atoms with E-state index in [1.54, 1.807) is 6.07 Å². The number of carboxylic acid groups (broad SMARTS) is 1. The highest BCUT2D eigenvalue weighted by atomic mass is 79.9. The van der Waals surface area contributed by atoms with E-state index in [4.69, 9.17) is 9.52 Å². The van der Waals surface area contributed by atoms with Crippen LogP contribution < -0.4 is 5.32 Å². The molecule has 4 nitrogen and oxygen atoms in total. The van der Waals surface area contributed by atoms with Crippen LogP contribution in [0.3, 0.4) is 0 Å². The maximum Gasteiger partial charge on any atom is 0.371 e. The first-order valence-electron chi connectivity index (χ1n) is 5.42. The maximum absolute atomic E-state index is 10.6. The van der Waals surface area contributed by atoms with Crippen molar-refractivity contribution in [1.29, 1.82) is 0 Å². The minimum atomic E-state index is -1.05. The Balaban J connectivity index is 1.84. The number of rotatable bonds is 5. The Morgan fingerprint density at radius 2 is 1.89 bits per heavy atom. The van der Waals surface area contributed by atoms with Crippen molar-refractivity contribution >= 4 is 21.9 Å². The van der Waals surface area contributed by atoms with Crippen molar-refractivity contribution in [3.8, 4) is 0 Å². The monoisotopic (exact) mass is 309 g/mol. The van der Waals surface area contributed by atoms with Crippen molar-refractivity contribution in [3.63, 3.8) is 0 Å². The highest BCUT2D eigenvalue weighted by Crippen LogP contribution is 2.11. The lowest BCUT2D eigenvalue weighted by molar-refractivity contribution is 0.0660. The van der Waals surface area contributed by atoms with E-state index in [0.29, 0.717) is 18.8 Å². The molecule has 0 bridgehead atoms. The number of nitrogens with one attached hydrogen (secondary N) is 1. The first-order valence-corrected chi connectivity index (χ1v) is 6.21. The topological polar surface area (TPSA) is 62.5 Å². The van der Waals surface area contributed by atoms with E-state index in [2.05, 4.69) is 21.2 Å². The molecule has 0 saturated carbocycles. The second-order valence-electron chi connectivity index (χ2n) is 3.80. The summed E-state index contributed by atoms with van der Waals surface area (Å²) in [6.45, 7) is 1.21. The Bertz CT molecular complexity index is 533. The zero-order chi connectivity index (χ0) is 13.0.